The van der Waals surface area contributed by atoms with Crippen molar-refractivity contribution in [2.75, 3.05) is 33.4 Å². The van der Waals surface area contributed by atoms with Crippen LogP contribution in [0.4, 0.5) is 0 Å². The number of amides is 1. The van der Waals surface area contributed by atoms with Gasteiger partial charge in [-0.15, -0.1) is 0 Å². The molecule has 1 aliphatic heterocycles. The van der Waals surface area contributed by atoms with E-state index in [1.807, 2.05) is 27.7 Å². The predicted molar refractivity (Wildman–Crippen MR) is 165 cm³/mol. The van der Waals surface area contributed by atoms with Crippen molar-refractivity contribution in [2.45, 2.75) is 71.8 Å². The number of hydrogen-bond acceptors (Lipinski definition) is 8. The molecule has 2 aromatic carbocycles. The standard InChI is InChI=1S/C33H42N4O7/c1-6-42-27-17-22-19-37(31(35)23(22)18-24(27)32(41)36-5)20-26(38)21-15-25(33(2,3)4)30(44-14-9-7-11-29(39)40)28(16-21)43-13-10-8-12-34/h15-18,35H,6-11,13-14,19-20H2,1-5H3,(H,36,41)(H,39,40). The second-order valence-electron chi connectivity index (χ2n) is 11.6. The average molecular weight is 607 g/mol. The predicted octanol–water partition coefficient (Wildman–Crippen LogP) is 5.08. The summed E-state index contributed by atoms with van der Waals surface area (Å²) in [5, 5.41) is 29.3. The first kappa shape index (κ1) is 33.9. The Kier molecular flexibility index (Phi) is 11.7. The molecule has 0 unspecified atom stereocenters. The number of benzene rings is 2. The summed E-state index contributed by atoms with van der Waals surface area (Å²) in [4.78, 5) is 38.8. The van der Waals surface area contributed by atoms with Gasteiger partial charge in [0, 0.05) is 43.1 Å². The molecule has 0 saturated heterocycles. The van der Waals surface area contributed by atoms with Gasteiger partial charge in [0.05, 0.1) is 38.0 Å². The maximum atomic E-state index is 13.7. The zero-order valence-corrected chi connectivity index (χ0v) is 26.2. The van der Waals surface area contributed by atoms with Gasteiger partial charge >= 0.3 is 5.97 Å². The normalized spacial score (nSPS) is 12.4. The van der Waals surface area contributed by atoms with Gasteiger partial charge in [0.2, 0.25) is 0 Å². The topological polar surface area (TPSA) is 162 Å². The summed E-state index contributed by atoms with van der Waals surface area (Å²) in [6.45, 7) is 8.99. The van der Waals surface area contributed by atoms with Crippen LogP contribution in [0.15, 0.2) is 24.3 Å². The number of Topliss-reactive ketones (excluding diaryl/α,β-unsaturated/α-hetero) is 1. The Morgan fingerprint density at radius 2 is 1.77 bits per heavy atom. The Morgan fingerprint density at radius 3 is 2.41 bits per heavy atom. The number of amidine groups is 1. The highest BCUT2D eigenvalue weighted by Gasteiger charge is 2.31. The Bertz CT molecular complexity index is 1440. The van der Waals surface area contributed by atoms with Gasteiger partial charge in [0.1, 0.15) is 11.6 Å². The highest BCUT2D eigenvalue weighted by Crippen LogP contribution is 2.41. The molecule has 11 heteroatoms. The second-order valence-corrected chi connectivity index (χ2v) is 11.6. The number of nitrogens with zero attached hydrogens (tertiary/aromatic N) is 2. The third-order valence-corrected chi connectivity index (χ3v) is 7.15. The van der Waals surface area contributed by atoms with Crippen molar-refractivity contribution in [2.24, 2.45) is 0 Å². The van der Waals surface area contributed by atoms with E-state index in [4.69, 9.17) is 30.0 Å². The lowest BCUT2D eigenvalue weighted by molar-refractivity contribution is -0.137. The lowest BCUT2D eigenvalue weighted by atomic mass is 9.84. The van der Waals surface area contributed by atoms with Crippen molar-refractivity contribution in [1.29, 1.82) is 10.7 Å². The third kappa shape index (κ3) is 8.49. The number of ether oxygens (including phenoxy) is 3. The van der Waals surface area contributed by atoms with Crippen molar-refractivity contribution in [3.8, 4) is 23.3 Å². The van der Waals surface area contributed by atoms with Gasteiger partial charge in [-0.1, -0.05) is 20.8 Å². The first-order valence-corrected chi connectivity index (χ1v) is 14.8. The van der Waals surface area contributed by atoms with Crippen LogP contribution < -0.4 is 19.5 Å². The van der Waals surface area contributed by atoms with Crippen LogP contribution in [0.25, 0.3) is 0 Å². The van der Waals surface area contributed by atoms with Crippen molar-refractivity contribution < 1.29 is 33.7 Å². The molecular formula is C33H42N4O7. The number of ketones is 1. The lowest BCUT2D eigenvalue weighted by Gasteiger charge is -2.26. The van der Waals surface area contributed by atoms with Crippen LogP contribution in [0.5, 0.6) is 17.2 Å². The fourth-order valence-corrected chi connectivity index (χ4v) is 4.88. The molecule has 44 heavy (non-hydrogen) atoms. The lowest BCUT2D eigenvalue weighted by Crippen LogP contribution is -2.30. The van der Waals surface area contributed by atoms with E-state index in [-0.39, 0.29) is 43.7 Å². The number of fused-ring (bicyclic) bond motifs is 1. The van der Waals surface area contributed by atoms with E-state index in [0.29, 0.717) is 72.8 Å². The number of unbranched alkanes of at least 4 members (excludes halogenated alkanes) is 2. The van der Waals surface area contributed by atoms with Gasteiger partial charge < -0.3 is 29.5 Å². The number of aliphatic carboxylic acids is 1. The number of carbonyl (C=O) groups excluding carboxylic acids is 2. The summed E-state index contributed by atoms with van der Waals surface area (Å²) in [6.07, 6.45) is 1.88. The van der Waals surface area contributed by atoms with Crippen molar-refractivity contribution >= 4 is 23.5 Å². The summed E-state index contributed by atoms with van der Waals surface area (Å²) in [6, 6.07) is 8.93. The molecule has 1 aliphatic rings. The van der Waals surface area contributed by atoms with Gasteiger partial charge in [-0.3, -0.25) is 19.8 Å². The van der Waals surface area contributed by atoms with E-state index in [0.717, 1.165) is 11.1 Å². The minimum absolute atomic E-state index is 0.0515. The van der Waals surface area contributed by atoms with Crippen LogP contribution in [0, 0.1) is 16.7 Å². The molecule has 0 spiro atoms. The number of hydrogen-bond donors (Lipinski definition) is 3. The second kappa shape index (κ2) is 15.2. The third-order valence-electron chi connectivity index (χ3n) is 7.15. The number of carboxylic acids is 1. The summed E-state index contributed by atoms with van der Waals surface area (Å²) < 4.78 is 17.9. The van der Waals surface area contributed by atoms with Crippen molar-refractivity contribution in [3.05, 3.63) is 52.1 Å². The van der Waals surface area contributed by atoms with Crippen LogP contribution in [0.3, 0.4) is 0 Å². The maximum Gasteiger partial charge on any atom is 0.303 e. The molecule has 0 aliphatic carbocycles. The van der Waals surface area contributed by atoms with Crippen LogP contribution in [-0.2, 0) is 16.8 Å². The molecule has 0 atom stereocenters. The molecule has 2 aromatic rings. The summed E-state index contributed by atoms with van der Waals surface area (Å²) in [5.74, 6) is 0.0472. The zero-order chi connectivity index (χ0) is 32.4. The van der Waals surface area contributed by atoms with Crippen LogP contribution >= 0.6 is 0 Å². The molecule has 3 N–H and O–H groups in total. The Labute approximate surface area is 258 Å². The molecule has 0 bridgehead atoms. The highest BCUT2D eigenvalue weighted by molar-refractivity contribution is 6.07. The summed E-state index contributed by atoms with van der Waals surface area (Å²) >= 11 is 0. The first-order valence-electron chi connectivity index (χ1n) is 14.8. The molecule has 1 heterocycles. The monoisotopic (exact) mass is 606 g/mol. The molecule has 0 aromatic heterocycles. The molecule has 0 fully saturated rings. The van der Waals surface area contributed by atoms with E-state index >= 15 is 0 Å². The zero-order valence-electron chi connectivity index (χ0n) is 26.2. The Morgan fingerprint density at radius 1 is 1.05 bits per heavy atom. The first-order chi connectivity index (χ1) is 20.9. The molecular weight excluding hydrogens is 564 g/mol. The summed E-state index contributed by atoms with van der Waals surface area (Å²) in [5.41, 5.74) is 2.42. The fraction of sp³-hybridized carbons (Fsp3) is 0.485. The SMILES string of the molecule is CCOc1cc2c(cc1C(=O)NC)C(=N)N(CC(=O)c1cc(OCCCC#N)c(OCCCCC(=O)O)c(C(C)(C)C)c1)C2. The molecule has 0 radical (unpaired) electrons. The number of carbonyl (C=O) groups is 3. The van der Waals surface area contributed by atoms with Gasteiger partial charge in [-0.05, 0) is 61.4 Å². The van der Waals surface area contributed by atoms with E-state index in [1.54, 1.807) is 29.2 Å². The number of carboxylic acid groups (broad SMARTS) is 1. The molecule has 1 amide bonds. The minimum atomic E-state index is -0.861. The Balaban J connectivity index is 1.90. The molecule has 3 rings (SSSR count). The average Bonchev–Trinajstić information content (AvgIpc) is 3.27. The number of nitriles is 1. The van der Waals surface area contributed by atoms with Gasteiger partial charge in [0.15, 0.2) is 17.3 Å². The fourth-order valence-electron chi connectivity index (χ4n) is 4.88. The number of nitrogens with one attached hydrogen (secondary N) is 2. The van der Waals surface area contributed by atoms with E-state index in [2.05, 4.69) is 11.4 Å². The largest absolute Gasteiger partial charge is 0.493 e. The van der Waals surface area contributed by atoms with E-state index < -0.39 is 11.4 Å². The molecule has 0 saturated carbocycles. The van der Waals surface area contributed by atoms with Gasteiger partial charge in [0.25, 0.3) is 5.91 Å². The van der Waals surface area contributed by atoms with Crippen LogP contribution in [-0.4, -0.2) is 66.9 Å². The minimum Gasteiger partial charge on any atom is -0.493 e. The van der Waals surface area contributed by atoms with Gasteiger partial charge in [-0.25, -0.2) is 0 Å². The van der Waals surface area contributed by atoms with Gasteiger partial charge in [-0.2, -0.15) is 5.26 Å². The van der Waals surface area contributed by atoms with Crippen molar-refractivity contribution in [1.82, 2.24) is 10.2 Å². The van der Waals surface area contributed by atoms with Crippen LogP contribution in [0.2, 0.25) is 0 Å². The van der Waals surface area contributed by atoms with E-state index in [9.17, 15) is 14.4 Å². The Hall–Kier alpha value is -4.59. The number of rotatable bonds is 16. The smallest absolute Gasteiger partial charge is 0.303 e. The molecule has 236 valence electrons. The van der Waals surface area contributed by atoms with Crippen LogP contribution in [0.1, 0.15) is 97.2 Å². The highest BCUT2D eigenvalue weighted by atomic mass is 16.5. The molecule has 11 nitrogen and oxygen atoms in total. The quantitative estimate of drug-likeness (QED) is 0.175. The van der Waals surface area contributed by atoms with E-state index in [1.165, 1.54) is 7.05 Å². The summed E-state index contributed by atoms with van der Waals surface area (Å²) in [7, 11) is 1.53. The van der Waals surface area contributed by atoms with Crippen molar-refractivity contribution in [3.63, 3.8) is 0 Å². The maximum absolute atomic E-state index is 13.7.